The average Bonchev–Trinajstić information content (AvgIpc) is 3.74. The van der Waals surface area contributed by atoms with Gasteiger partial charge in [-0.3, -0.25) is 0 Å². The van der Waals surface area contributed by atoms with Crippen LogP contribution in [0.2, 0.25) is 0 Å². The maximum Gasteiger partial charge on any atom is 0.136 e. The molecule has 10 aromatic rings. The normalized spacial score (nSPS) is 11.7. The van der Waals surface area contributed by atoms with Crippen LogP contribution in [-0.2, 0) is 0 Å². The SMILES string of the molecule is c1ccc(-c2cc3oc4ccccc4c3c3ccc(-c4ccc(N(c5ccccc5)c5ccc6sc7ccccc7c6c5)cc4)cc23)cc1. The zero-order chi connectivity index (χ0) is 32.3. The molecule has 0 saturated carbocycles. The van der Waals surface area contributed by atoms with Gasteiger partial charge >= 0.3 is 0 Å². The molecule has 0 fully saturated rings. The third-order valence-electron chi connectivity index (χ3n) is 9.65. The van der Waals surface area contributed by atoms with E-state index in [-0.39, 0.29) is 0 Å². The van der Waals surface area contributed by atoms with Crippen molar-refractivity contribution in [3.05, 3.63) is 176 Å². The number of fused-ring (bicyclic) bond motifs is 8. The Labute approximate surface area is 287 Å². The van der Waals surface area contributed by atoms with Crippen molar-refractivity contribution in [2.24, 2.45) is 0 Å². The fourth-order valence-electron chi connectivity index (χ4n) is 7.35. The van der Waals surface area contributed by atoms with Crippen molar-refractivity contribution in [3.8, 4) is 22.3 Å². The predicted molar refractivity (Wildman–Crippen MR) is 210 cm³/mol. The molecule has 0 aliphatic heterocycles. The van der Waals surface area contributed by atoms with E-state index in [9.17, 15) is 0 Å². The van der Waals surface area contributed by atoms with E-state index in [0.717, 1.165) is 33.6 Å². The Bertz CT molecular complexity index is 2810. The molecule has 0 atom stereocenters. The molecule has 2 heterocycles. The Balaban J connectivity index is 1.11. The van der Waals surface area contributed by atoms with Crippen LogP contribution in [0.3, 0.4) is 0 Å². The fraction of sp³-hybridized carbons (Fsp3) is 0. The summed E-state index contributed by atoms with van der Waals surface area (Å²) in [5.74, 6) is 0. The van der Waals surface area contributed by atoms with Crippen molar-refractivity contribution in [1.82, 2.24) is 0 Å². The topological polar surface area (TPSA) is 16.4 Å². The largest absolute Gasteiger partial charge is 0.456 e. The first-order chi connectivity index (χ1) is 24.3. The second-order valence-corrected chi connectivity index (χ2v) is 13.6. The van der Waals surface area contributed by atoms with Gasteiger partial charge in [0.15, 0.2) is 0 Å². The number of anilines is 3. The summed E-state index contributed by atoms with van der Waals surface area (Å²) >= 11 is 1.85. The standard InChI is InChI=1S/C46H29NOS/c1-3-11-31(12-4-1)39-29-43-46(38-16-7-9-17-42(38)48-43)37-25-21-32(27-40(37)39)30-19-22-34(23-20-30)47(33-13-5-2-6-14-33)35-24-26-45-41(28-35)36-15-8-10-18-44(36)49-45/h1-29H. The van der Waals surface area contributed by atoms with E-state index in [0.29, 0.717) is 0 Å². The zero-order valence-electron chi connectivity index (χ0n) is 26.5. The Morgan fingerprint density at radius 2 is 1.02 bits per heavy atom. The number of hydrogen-bond donors (Lipinski definition) is 0. The van der Waals surface area contributed by atoms with Gasteiger partial charge in [0.25, 0.3) is 0 Å². The summed E-state index contributed by atoms with van der Waals surface area (Å²) in [6, 6.07) is 63.2. The van der Waals surface area contributed by atoms with Gasteiger partial charge in [-0.1, -0.05) is 109 Å². The minimum Gasteiger partial charge on any atom is -0.456 e. The Kier molecular flexibility index (Phi) is 6.39. The molecule has 3 heteroatoms. The Morgan fingerprint density at radius 1 is 0.367 bits per heavy atom. The smallest absolute Gasteiger partial charge is 0.136 e. The third-order valence-corrected chi connectivity index (χ3v) is 10.8. The van der Waals surface area contributed by atoms with Crippen LogP contribution >= 0.6 is 11.3 Å². The molecule has 0 bridgehead atoms. The maximum atomic E-state index is 6.38. The number of benzene rings is 8. The van der Waals surface area contributed by atoms with Crippen LogP contribution in [0, 0.1) is 0 Å². The van der Waals surface area contributed by atoms with Crippen molar-refractivity contribution in [2.45, 2.75) is 0 Å². The van der Waals surface area contributed by atoms with E-state index in [1.54, 1.807) is 0 Å². The average molecular weight is 644 g/mol. The molecule has 0 amide bonds. The molecule has 10 rings (SSSR count). The molecule has 8 aromatic carbocycles. The van der Waals surface area contributed by atoms with Gasteiger partial charge in [0, 0.05) is 48.0 Å². The summed E-state index contributed by atoms with van der Waals surface area (Å²) in [6.07, 6.45) is 0. The van der Waals surface area contributed by atoms with Crippen LogP contribution in [0.1, 0.15) is 0 Å². The minimum absolute atomic E-state index is 0.915. The van der Waals surface area contributed by atoms with Crippen LogP contribution in [0.15, 0.2) is 180 Å². The van der Waals surface area contributed by atoms with Crippen molar-refractivity contribution in [2.75, 3.05) is 4.90 Å². The second-order valence-electron chi connectivity index (χ2n) is 12.5. The van der Waals surface area contributed by atoms with Crippen molar-refractivity contribution in [1.29, 1.82) is 0 Å². The molecule has 49 heavy (non-hydrogen) atoms. The molecular weight excluding hydrogens is 615 g/mol. The van der Waals surface area contributed by atoms with Crippen molar-refractivity contribution < 1.29 is 4.42 Å². The molecular formula is C46H29NOS. The van der Waals surface area contributed by atoms with E-state index in [1.807, 2.05) is 17.4 Å². The van der Waals surface area contributed by atoms with Gasteiger partial charge in [-0.15, -0.1) is 11.3 Å². The summed E-state index contributed by atoms with van der Waals surface area (Å²) < 4.78 is 9.01. The summed E-state index contributed by atoms with van der Waals surface area (Å²) in [5.41, 5.74) is 9.93. The Morgan fingerprint density at radius 3 is 1.86 bits per heavy atom. The van der Waals surface area contributed by atoms with Gasteiger partial charge in [0.2, 0.25) is 0 Å². The lowest BCUT2D eigenvalue weighted by atomic mass is 9.92. The van der Waals surface area contributed by atoms with Gasteiger partial charge < -0.3 is 9.32 Å². The predicted octanol–water partition coefficient (Wildman–Crippen LogP) is 13.9. The highest BCUT2D eigenvalue weighted by atomic mass is 32.1. The Hall–Kier alpha value is -6.16. The third kappa shape index (κ3) is 4.62. The number of hydrogen-bond acceptors (Lipinski definition) is 3. The molecule has 0 saturated heterocycles. The number of para-hydroxylation sites is 2. The van der Waals surface area contributed by atoms with Crippen LogP contribution in [-0.4, -0.2) is 0 Å². The first-order valence-corrected chi connectivity index (χ1v) is 17.4. The lowest BCUT2D eigenvalue weighted by Gasteiger charge is -2.26. The van der Waals surface area contributed by atoms with E-state index in [4.69, 9.17) is 4.42 Å². The highest BCUT2D eigenvalue weighted by Crippen LogP contribution is 2.43. The first kappa shape index (κ1) is 27.9. The van der Waals surface area contributed by atoms with E-state index >= 15 is 0 Å². The molecule has 0 aliphatic carbocycles. The molecule has 0 radical (unpaired) electrons. The number of nitrogens with zero attached hydrogens (tertiary/aromatic N) is 1. The summed E-state index contributed by atoms with van der Waals surface area (Å²) in [7, 11) is 0. The van der Waals surface area contributed by atoms with Gasteiger partial charge in [-0.25, -0.2) is 0 Å². The summed E-state index contributed by atoms with van der Waals surface area (Å²) in [6.45, 7) is 0. The zero-order valence-corrected chi connectivity index (χ0v) is 27.3. The molecule has 0 unspecified atom stereocenters. The minimum atomic E-state index is 0.915. The van der Waals surface area contributed by atoms with E-state index < -0.39 is 0 Å². The van der Waals surface area contributed by atoms with Crippen LogP contribution < -0.4 is 4.90 Å². The van der Waals surface area contributed by atoms with E-state index in [2.05, 4.69) is 175 Å². The van der Waals surface area contributed by atoms with E-state index in [1.165, 1.54) is 58.6 Å². The summed E-state index contributed by atoms with van der Waals surface area (Å²) in [5, 5.41) is 7.33. The lowest BCUT2D eigenvalue weighted by Crippen LogP contribution is -2.09. The first-order valence-electron chi connectivity index (χ1n) is 16.6. The van der Waals surface area contributed by atoms with Crippen LogP contribution in [0.4, 0.5) is 17.1 Å². The second kappa shape index (κ2) is 11.2. The van der Waals surface area contributed by atoms with Crippen molar-refractivity contribution in [3.63, 3.8) is 0 Å². The molecule has 0 spiro atoms. The van der Waals surface area contributed by atoms with Gasteiger partial charge in [-0.05, 0) is 99.8 Å². The highest BCUT2D eigenvalue weighted by molar-refractivity contribution is 7.25. The molecule has 0 N–H and O–H groups in total. The number of rotatable bonds is 5. The monoisotopic (exact) mass is 643 g/mol. The fourth-order valence-corrected chi connectivity index (χ4v) is 8.44. The van der Waals surface area contributed by atoms with Crippen molar-refractivity contribution >= 4 is 81.3 Å². The van der Waals surface area contributed by atoms with Gasteiger partial charge in [0.1, 0.15) is 11.2 Å². The molecule has 0 aliphatic rings. The molecule has 2 aromatic heterocycles. The highest BCUT2D eigenvalue weighted by Gasteiger charge is 2.17. The molecule has 2 nitrogen and oxygen atoms in total. The van der Waals surface area contributed by atoms with Crippen LogP contribution in [0.5, 0.6) is 0 Å². The summed E-state index contributed by atoms with van der Waals surface area (Å²) in [4.78, 5) is 2.35. The van der Waals surface area contributed by atoms with Gasteiger partial charge in [0.05, 0.1) is 0 Å². The maximum absolute atomic E-state index is 6.38. The number of furan rings is 1. The van der Waals surface area contributed by atoms with Crippen LogP contribution in [0.25, 0.3) is 75.1 Å². The molecule has 230 valence electrons. The van der Waals surface area contributed by atoms with Gasteiger partial charge in [-0.2, -0.15) is 0 Å². The number of thiophene rings is 1. The quantitative estimate of drug-likeness (QED) is 0.186. The lowest BCUT2D eigenvalue weighted by molar-refractivity contribution is 0.669.